The molecule has 3 N–H and O–H groups in total. The molecular formula is C19H22ClF2N3O2S. The lowest BCUT2D eigenvalue weighted by Gasteiger charge is -2.33. The van der Waals surface area contributed by atoms with Crippen molar-refractivity contribution < 1.29 is 18.4 Å². The molecule has 28 heavy (non-hydrogen) atoms. The van der Waals surface area contributed by atoms with Gasteiger partial charge in [0, 0.05) is 42.4 Å². The monoisotopic (exact) mass is 429 g/mol. The number of carbonyl (C=O) groups is 2. The fourth-order valence-electron chi connectivity index (χ4n) is 3.22. The smallest absolute Gasteiger partial charge is 0.252 e. The van der Waals surface area contributed by atoms with Gasteiger partial charge in [0.15, 0.2) is 11.6 Å². The first kappa shape index (κ1) is 22.3. The lowest BCUT2D eigenvalue weighted by molar-refractivity contribution is -0.121. The first-order valence-electron chi connectivity index (χ1n) is 8.80. The molecule has 0 radical (unpaired) electrons. The maximum Gasteiger partial charge on any atom is 0.252 e. The Morgan fingerprint density at radius 2 is 2.04 bits per heavy atom. The predicted octanol–water partition coefficient (Wildman–Crippen LogP) is 2.83. The zero-order valence-corrected chi connectivity index (χ0v) is 16.7. The molecule has 2 unspecified atom stereocenters. The van der Waals surface area contributed by atoms with E-state index in [4.69, 9.17) is 0 Å². The second-order valence-electron chi connectivity index (χ2n) is 6.46. The van der Waals surface area contributed by atoms with E-state index in [0.29, 0.717) is 24.1 Å². The summed E-state index contributed by atoms with van der Waals surface area (Å²) in [5.41, 5.74) is 1.25. The second-order valence-corrected chi connectivity index (χ2v) is 7.24. The van der Waals surface area contributed by atoms with Gasteiger partial charge in [-0.2, -0.15) is 11.3 Å². The van der Waals surface area contributed by atoms with Gasteiger partial charge in [-0.15, -0.1) is 12.4 Å². The number of amides is 2. The highest BCUT2D eigenvalue weighted by Crippen LogP contribution is 2.27. The molecule has 1 saturated heterocycles. The van der Waals surface area contributed by atoms with Gasteiger partial charge in [-0.3, -0.25) is 9.59 Å². The number of halogens is 3. The molecular weight excluding hydrogens is 408 g/mol. The highest BCUT2D eigenvalue weighted by molar-refractivity contribution is 7.08. The van der Waals surface area contributed by atoms with Crippen LogP contribution in [-0.4, -0.2) is 37.5 Å². The lowest BCUT2D eigenvalue weighted by Crippen LogP contribution is -2.50. The minimum absolute atomic E-state index is 0. The number of benzene rings is 1. The van der Waals surface area contributed by atoms with E-state index in [-0.39, 0.29) is 49.1 Å². The van der Waals surface area contributed by atoms with Crippen LogP contribution in [0.1, 0.15) is 34.7 Å². The number of rotatable bonds is 6. The van der Waals surface area contributed by atoms with Gasteiger partial charge in [-0.25, -0.2) is 8.78 Å². The number of nitrogens with one attached hydrogen (secondary N) is 3. The standard InChI is InChI=1S/C19H21F2N3O2S.ClH/c20-15-2-1-12(9-16(15)21)14-3-6-22-10-17(14)24-18(25)4-7-23-19(26)13-5-8-27-11-13;/h1-2,5,8-9,11,14,17,22H,3-4,6-7,10H2,(H,23,26)(H,24,25);1H. The first-order valence-corrected chi connectivity index (χ1v) is 9.74. The Labute approximate surface area is 172 Å². The normalized spacial score (nSPS) is 18.8. The van der Waals surface area contributed by atoms with Crippen LogP contribution < -0.4 is 16.0 Å². The molecule has 0 aliphatic carbocycles. The average molecular weight is 430 g/mol. The molecule has 1 aliphatic rings. The Morgan fingerprint density at radius 1 is 1.21 bits per heavy atom. The Morgan fingerprint density at radius 3 is 2.75 bits per heavy atom. The summed E-state index contributed by atoms with van der Waals surface area (Å²) in [7, 11) is 0. The van der Waals surface area contributed by atoms with E-state index in [9.17, 15) is 18.4 Å². The Bertz CT molecular complexity index is 804. The van der Waals surface area contributed by atoms with Crippen LogP contribution in [0.2, 0.25) is 0 Å². The summed E-state index contributed by atoms with van der Waals surface area (Å²) in [6, 6.07) is 5.38. The van der Waals surface area contributed by atoms with E-state index in [1.807, 2.05) is 5.38 Å². The number of piperidine rings is 1. The summed E-state index contributed by atoms with van der Waals surface area (Å²) < 4.78 is 26.8. The van der Waals surface area contributed by atoms with Crippen molar-refractivity contribution in [2.75, 3.05) is 19.6 Å². The maximum atomic E-state index is 13.6. The number of thiophene rings is 1. The third-order valence-corrected chi connectivity index (χ3v) is 5.30. The molecule has 2 amide bonds. The minimum Gasteiger partial charge on any atom is -0.351 e. The molecule has 1 aromatic carbocycles. The van der Waals surface area contributed by atoms with Gasteiger partial charge in [0.1, 0.15) is 0 Å². The summed E-state index contributed by atoms with van der Waals surface area (Å²) in [6.45, 7) is 1.53. The molecule has 0 bridgehead atoms. The minimum atomic E-state index is -0.882. The van der Waals surface area contributed by atoms with E-state index >= 15 is 0 Å². The van der Waals surface area contributed by atoms with Crippen LogP contribution in [0, 0.1) is 11.6 Å². The van der Waals surface area contributed by atoms with Crippen LogP contribution >= 0.6 is 23.7 Å². The molecule has 1 aliphatic heterocycles. The Balaban J connectivity index is 0.00000280. The fraction of sp³-hybridized carbons (Fsp3) is 0.368. The summed E-state index contributed by atoms with van der Waals surface area (Å²) in [6.07, 6.45) is 0.863. The van der Waals surface area contributed by atoms with Gasteiger partial charge in [-0.1, -0.05) is 6.07 Å². The zero-order valence-electron chi connectivity index (χ0n) is 15.0. The molecule has 1 fully saturated rings. The maximum absolute atomic E-state index is 13.6. The van der Waals surface area contributed by atoms with E-state index in [0.717, 1.165) is 12.6 Å². The second kappa shape index (κ2) is 10.5. The highest BCUT2D eigenvalue weighted by Gasteiger charge is 2.28. The van der Waals surface area contributed by atoms with Crippen molar-refractivity contribution in [2.24, 2.45) is 0 Å². The summed E-state index contributed by atoms with van der Waals surface area (Å²) >= 11 is 1.43. The Kier molecular flexibility index (Phi) is 8.35. The molecule has 1 aromatic heterocycles. The predicted molar refractivity (Wildman–Crippen MR) is 107 cm³/mol. The lowest BCUT2D eigenvalue weighted by atomic mass is 9.86. The van der Waals surface area contributed by atoms with Crippen LogP contribution in [0.25, 0.3) is 0 Å². The van der Waals surface area contributed by atoms with Crippen molar-refractivity contribution in [3.05, 3.63) is 57.8 Å². The third kappa shape index (κ3) is 5.73. The third-order valence-electron chi connectivity index (χ3n) is 4.62. The highest BCUT2D eigenvalue weighted by atomic mass is 35.5. The molecule has 3 rings (SSSR count). The van der Waals surface area contributed by atoms with E-state index in [1.54, 1.807) is 17.5 Å². The topological polar surface area (TPSA) is 70.2 Å². The van der Waals surface area contributed by atoms with Crippen molar-refractivity contribution in [1.82, 2.24) is 16.0 Å². The van der Waals surface area contributed by atoms with E-state index < -0.39 is 11.6 Å². The molecule has 2 aromatic rings. The molecule has 5 nitrogen and oxygen atoms in total. The molecule has 2 heterocycles. The number of hydrogen-bond acceptors (Lipinski definition) is 4. The van der Waals surface area contributed by atoms with E-state index in [2.05, 4.69) is 16.0 Å². The summed E-state index contributed by atoms with van der Waals surface area (Å²) in [5, 5.41) is 12.4. The number of carbonyl (C=O) groups excluding carboxylic acids is 2. The van der Waals surface area contributed by atoms with Crippen molar-refractivity contribution in [3.8, 4) is 0 Å². The summed E-state index contributed by atoms with van der Waals surface area (Å²) in [5.74, 6) is -2.25. The molecule has 152 valence electrons. The SMILES string of the molecule is Cl.O=C(CCNC(=O)c1ccsc1)NC1CNCCC1c1ccc(F)c(F)c1. The van der Waals surface area contributed by atoms with Crippen molar-refractivity contribution in [3.63, 3.8) is 0 Å². The molecule has 9 heteroatoms. The van der Waals surface area contributed by atoms with Crippen molar-refractivity contribution >= 4 is 35.6 Å². The van der Waals surface area contributed by atoms with Crippen LogP contribution in [0.15, 0.2) is 35.0 Å². The van der Waals surface area contributed by atoms with Gasteiger partial charge in [0.05, 0.1) is 0 Å². The summed E-state index contributed by atoms with van der Waals surface area (Å²) in [4.78, 5) is 24.1. The molecule has 0 saturated carbocycles. The molecule has 2 atom stereocenters. The van der Waals surface area contributed by atoms with Crippen LogP contribution in [0.4, 0.5) is 8.78 Å². The van der Waals surface area contributed by atoms with Crippen molar-refractivity contribution in [2.45, 2.75) is 24.8 Å². The largest absolute Gasteiger partial charge is 0.351 e. The van der Waals surface area contributed by atoms with Gasteiger partial charge in [0.25, 0.3) is 5.91 Å². The number of hydrogen-bond donors (Lipinski definition) is 3. The average Bonchev–Trinajstić information content (AvgIpc) is 3.19. The zero-order chi connectivity index (χ0) is 19.2. The van der Waals surface area contributed by atoms with Gasteiger partial charge in [-0.05, 0) is 42.1 Å². The van der Waals surface area contributed by atoms with Crippen LogP contribution in [0.3, 0.4) is 0 Å². The Hall–Kier alpha value is -2.03. The quantitative estimate of drug-likeness (QED) is 0.661. The fourth-order valence-corrected chi connectivity index (χ4v) is 3.85. The van der Waals surface area contributed by atoms with Gasteiger partial charge in [0.2, 0.25) is 5.91 Å². The van der Waals surface area contributed by atoms with Gasteiger partial charge < -0.3 is 16.0 Å². The van der Waals surface area contributed by atoms with Crippen LogP contribution in [-0.2, 0) is 4.79 Å². The molecule has 0 spiro atoms. The van der Waals surface area contributed by atoms with Crippen molar-refractivity contribution in [1.29, 1.82) is 0 Å². The van der Waals surface area contributed by atoms with E-state index in [1.165, 1.54) is 17.4 Å². The van der Waals surface area contributed by atoms with Gasteiger partial charge >= 0.3 is 0 Å². The first-order chi connectivity index (χ1) is 13.0. The van der Waals surface area contributed by atoms with Crippen LogP contribution in [0.5, 0.6) is 0 Å².